The van der Waals surface area contributed by atoms with Crippen LogP contribution < -0.4 is 5.32 Å². The van der Waals surface area contributed by atoms with Gasteiger partial charge in [-0.15, -0.1) is 0 Å². The Morgan fingerprint density at radius 2 is 1.74 bits per heavy atom. The summed E-state index contributed by atoms with van der Waals surface area (Å²) >= 11 is 5.96. The number of benzene rings is 1. The molecule has 0 aliphatic heterocycles. The summed E-state index contributed by atoms with van der Waals surface area (Å²) in [7, 11) is 0. The molecule has 124 valence electrons. The molecule has 4 nitrogen and oxygen atoms in total. The second-order valence-electron chi connectivity index (χ2n) is 6.77. The predicted molar refractivity (Wildman–Crippen MR) is 88.1 cm³/mol. The van der Waals surface area contributed by atoms with Gasteiger partial charge in [0.05, 0.1) is 12.0 Å². The first-order valence-electron chi connectivity index (χ1n) is 8.33. The molecule has 2 N–H and O–H groups in total. The molecule has 5 heteroatoms. The fourth-order valence-corrected chi connectivity index (χ4v) is 3.76. The number of hydrogen-bond donors (Lipinski definition) is 2. The van der Waals surface area contributed by atoms with E-state index in [4.69, 9.17) is 16.7 Å². The van der Waals surface area contributed by atoms with Crippen LogP contribution in [0.1, 0.15) is 50.1 Å². The van der Waals surface area contributed by atoms with Gasteiger partial charge in [-0.3, -0.25) is 9.59 Å². The van der Waals surface area contributed by atoms with Crippen molar-refractivity contribution in [2.45, 2.75) is 44.6 Å². The average molecular weight is 336 g/mol. The van der Waals surface area contributed by atoms with Crippen molar-refractivity contribution in [3.63, 3.8) is 0 Å². The molecule has 2 fully saturated rings. The first-order chi connectivity index (χ1) is 11.0. The molecule has 23 heavy (non-hydrogen) atoms. The van der Waals surface area contributed by atoms with E-state index in [9.17, 15) is 9.59 Å². The summed E-state index contributed by atoms with van der Waals surface area (Å²) in [6, 6.07) is 7.66. The van der Waals surface area contributed by atoms with E-state index in [1.807, 2.05) is 24.3 Å². The number of halogens is 1. The van der Waals surface area contributed by atoms with Gasteiger partial charge in [-0.25, -0.2) is 0 Å². The van der Waals surface area contributed by atoms with Crippen molar-refractivity contribution in [1.82, 2.24) is 5.32 Å². The maximum absolute atomic E-state index is 12.6. The standard InChI is InChI=1S/C18H22ClNO3/c19-15-8-6-12(7-9-15)16(11-2-1-3-11)20-17(21)13-4-5-14(10-13)18(22)23/h6-9,11,13-14,16H,1-5,10H2,(H,20,21)(H,22,23)/t13-,14+,16?/m0/s1. The fraction of sp³-hybridized carbons (Fsp3) is 0.556. The van der Waals surface area contributed by atoms with Gasteiger partial charge in [0.15, 0.2) is 0 Å². The molecule has 0 saturated heterocycles. The van der Waals surface area contributed by atoms with Crippen LogP contribution in [0.4, 0.5) is 0 Å². The first-order valence-corrected chi connectivity index (χ1v) is 8.71. The maximum Gasteiger partial charge on any atom is 0.306 e. The highest BCUT2D eigenvalue weighted by Gasteiger charge is 2.36. The average Bonchev–Trinajstić information content (AvgIpc) is 2.95. The van der Waals surface area contributed by atoms with Crippen LogP contribution in [0.2, 0.25) is 5.02 Å². The molecule has 2 saturated carbocycles. The van der Waals surface area contributed by atoms with Crippen LogP contribution in [0.15, 0.2) is 24.3 Å². The SMILES string of the molecule is O=C(O)[C@@H]1CC[C@H](C(=O)NC(c2ccc(Cl)cc2)C2CCC2)C1. The van der Waals surface area contributed by atoms with Crippen molar-refractivity contribution in [3.05, 3.63) is 34.9 Å². The minimum atomic E-state index is -0.784. The van der Waals surface area contributed by atoms with E-state index in [0.717, 1.165) is 18.4 Å². The van der Waals surface area contributed by atoms with Gasteiger partial charge in [0.25, 0.3) is 0 Å². The van der Waals surface area contributed by atoms with Crippen molar-refractivity contribution in [3.8, 4) is 0 Å². The number of nitrogens with one attached hydrogen (secondary N) is 1. The number of carbonyl (C=O) groups excluding carboxylic acids is 1. The van der Waals surface area contributed by atoms with Gasteiger partial charge in [0, 0.05) is 10.9 Å². The Kier molecular flexibility index (Phi) is 4.90. The Morgan fingerprint density at radius 3 is 2.26 bits per heavy atom. The van der Waals surface area contributed by atoms with Crippen LogP contribution >= 0.6 is 11.6 Å². The van der Waals surface area contributed by atoms with Gasteiger partial charge >= 0.3 is 5.97 Å². The highest BCUT2D eigenvalue weighted by Crippen LogP contribution is 2.39. The monoisotopic (exact) mass is 335 g/mol. The lowest BCUT2D eigenvalue weighted by Gasteiger charge is -2.35. The lowest BCUT2D eigenvalue weighted by atomic mass is 9.77. The zero-order valence-corrected chi connectivity index (χ0v) is 13.8. The third-order valence-electron chi connectivity index (χ3n) is 5.30. The lowest BCUT2D eigenvalue weighted by molar-refractivity contribution is -0.141. The molecule has 0 radical (unpaired) electrons. The Bertz CT molecular complexity index is 582. The number of carbonyl (C=O) groups is 2. The van der Waals surface area contributed by atoms with E-state index >= 15 is 0 Å². The van der Waals surface area contributed by atoms with Crippen LogP contribution in [0.3, 0.4) is 0 Å². The van der Waals surface area contributed by atoms with Crippen molar-refractivity contribution in [1.29, 1.82) is 0 Å². The van der Waals surface area contributed by atoms with E-state index in [0.29, 0.717) is 30.2 Å². The summed E-state index contributed by atoms with van der Waals surface area (Å²) in [5.41, 5.74) is 1.08. The van der Waals surface area contributed by atoms with Crippen LogP contribution in [0.5, 0.6) is 0 Å². The lowest BCUT2D eigenvalue weighted by Crippen LogP contribution is -2.39. The topological polar surface area (TPSA) is 66.4 Å². The summed E-state index contributed by atoms with van der Waals surface area (Å²) in [6.07, 6.45) is 5.17. The van der Waals surface area contributed by atoms with E-state index in [2.05, 4.69) is 5.32 Å². The smallest absolute Gasteiger partial charge is 0.306 e. The number of carboxylic acid groups (broad SMARTS) is 1. The van der Waals surface area contributed by atoms with E-state index in [1.165, 1.54) is 6.42 Å². The molecule has 2 aliphatic rings. The molecule has 1 unspecified atom stereocenters. The van der Waals surface area contributed by atoms with Gasteiger partial charge < -0.3 is 10.4 Å². The Balaban J connectivity index is 1.68. The van der Waals surface area contributed by atoms with Gasteiger partial charge in [-0.05, 0) is 55.7 Å². The molecule has 1 aromatic carbocycles. The first kappa shape index (κ1) is 16.3. The van der Waals surface area contributed by atoms with Crippen molar-refractivity contribution in [2.24, 2.45) is 17.8 Å². The molecule has 0 spiro atoms. The molecule has 0 bridgehead atoms. The summed E-state index contributed by atoms with van der Waals surface area (Å²) in [6.45, 7) is 0. The zero-order chi connectivity index (χ0) is 16.4. The summed E-state index contributed by atoms with van der Waals surface area (Å²) in [4.78, 5) is 23.6. The van der Waals surface area contributed by atoms with Crippen LogP contribution in [-0.4, -0.2) is 17.0 Å². The van der Waals surface area contributed by atoms with Gasteiger partial charge in [0.2, 0.25) is 5.91 Å². The molecule has 3 rings (SSSR count). The molecule has 0 aromatic heterocycles. The zero-order valence-electron chi connectivity index (χ0n) is 13.0. The van der Waals surface area contributed by atoms with Gasteiger partial charge in [-0.2, -0.15) is 0 Å². The minimum absolute atomic E-state index is 0.000556. The summed E-state index contributed by atoms with van der Waals surface area (Å²) in [5.74, 6) is -0.861. The second-order valence-corrected chi connectivity index (χ2v) is 7.21. The summed E-state index contributed by atoms with van der Waals surface area (Å²) < 4.78 is 0. The maximum atomic E-state index is 12.6. The second kappa shape index (κ2) is 6.91. The Hall–Kier alpha value is -1.55. The number of aliphatic carboxylic acids is 1. The molecule has 0 heterocycles. The third-order valence-corrected chi connectivity index (χ3v) is 5.55. The minimum Gasteiger partial charge on any atom is -0.481 e. The third kappa shape index (κ3) is 3.69. The van der Waals surface area contributed by atoms with Crippen molar-refractivity contribution in [2.75, 3.05) is 0 Å². The van der Waals surface area contributed by atoms with Crippen molar-refractivity contribution >= 4 is 23.5 Å². The molecular formula is C18H22ClNO3. The molecule has 3 atom stereocenters. The van der Waals surface area contributed by atoms with Crippen molar-refractivity contribution < 1.29 is 14.7 Å². The quantitative estimate of drug-likeness (QED) is 0.860. The summed E-state index contributed by atoms with van der Waals surface area (Å²) in [5, 5.41) is 13.0. The molecule has 2 aliphatic carbocycles. The highest BCUT2D eigenvalue weighted by molar-refractivity contribution is 6.30. The number of carboxylic acids is 1. The number of amides is 1. The predicted octanol–water partition coefficient (Wildman–Crippen LogP) is 3.80. The molecule has 1 aromatic rings. The number of hydrogen-bond acceptors (Lipinski definition) is 2. The van der Waals surface area contributed by atoms with Gasteiger partial charge in [0.1, 0.15) is 0 Å². The van der Waals surface area contributed by atoms with E-state index in [-0.39, 0.29) is 23.8 Å². The van der Waals surface area contributed by atoms with Gasteiger partial charge in [-0.1, -0.05) is 30.2 Å². The Morgan fingerprint density at radius 1 is 1.09 bits per heavy atom. The molecule has 1 amide bonds. The van der Waals surface area contributed by atoms with E-state index < -0.39 is 5.97 Å². The highest BCUT2D eigenvalue weighted by atomic mass is 35.5. The normalized spacial score (nSPS) is 25.6. The van der Waals surface area contributed by atoms with E-state index in [1.54, 1.807) is 0 Å². The fourth-order valence-electron chi connectivity index (χ4n) is 3.63. The molecular weight excluding hydrogens is 314 g/mol. The Labute approximate surface area is 141 Å². The van der Waals surface area contributed by atoms with Crippen LogP contribution in [0.25, 0.3) is 0 Å². The largest absolute Gasteiger partial charge is 0.481 e. The number of rotatable bonds is 5. The van der Waals surface area contributed by atoms with Crippen LogP contribution in [-0.2, 0) is 9.59 Å². The van der Waals surface area contributed by atoms with Crippen LogP contribution in [0, 0.1) is 17.8 Å².